The third-order valence-electron chi connectivity index (χ3n) is 6.97. The van der Waals surface area contributed by atoms with Gasteiger partial charge in [0.15, 0.2) is 0 Å². The fraction of sp³-hybridized carbons (Fsp3) is 0.393. The van der Waals surface area contributed by atoms with E-state index in [1.807, 2.05) is 42.5 Å². The van der Waals surface area contributed by atoms with Gasteiger partial charge in [-0.1, -0.05) is 18.2 Å². The quantitative estimate of drug-likeness (QED) is 0.519. The number of hydrogen-bond donors (Lipinski definition) is 1. The van der Waals surface area contributed by atoms with Crippen molar-refractivity contribution < 1.29 is 19.1 Å². The second-order valence-corrected chi connectivity index (χ2v) is 9.52. The van der Waals surface area contributed by atoms with Gasteiger partial charge in [-0.15, -0.1) is 0 Å². The van der Waals surface area contributed by atoms with Gasteiger partial charge in [-0.3, -0.25) is 9.59 Å². The average Bonchev–Trinajstić information content (AvgIpc) is 3.67. The minimum Gasteiger partial charge on any atom is -0.497 e. The largest absolute Gasteiger partial charge is 0.497 e. The van der Waals surface area contributed by atoms with Crippen molar-refractivity contribution in [3.8, 4) is 28.4 Å². The molecule has 1 saturated carbocycles. The zero-order valence-corrected chi connectivity index (χ0v) is 20.8. The lowest BCUT2D eigenvalue weighted by Gasteiger charge is -2.32. The van der Waals surface area contributed by atoms with Crippen molar-refractivity contribution in [3.63, 3.8) is 0 Å². The van der Waals surface area contributed by atoms with Gasteiger partial charge < -0.3 is 19.7 Å². The molecule has 1 aromatic heterocycles. The molecule has 1 atom stereocenters. The Labute approximate surface area is 211 Å². The number of carbonyl (C=O) groups excluding carboxylic acids is 2. The highest BCUT2D eigenvalue weighted by atomic mass is 16.5. The lowest BCUT2D eigenvalue weighted by molar-refractivity contribution is -0.126. The van der Waals surface area contributed by atoms with E-state index in [4.69, 9.17) is 14.6 Å². The zero-order chi connectivity index (χ0) is 25.1. The summed E-state index contributed by atoms with van der Waals surface area (Å²) in [6, 6.07) is 15.2. The molecule has 8 heteroatoms. The highest BCUT2D eigenvalue weighted by Gasteiger charge is 2.32. The second-order valence-electron chi connectivity index (χ2n) is 9.52. The number of likely N-dealkylation sites (tertiary alicyclic amines) is 1. The van der Waals surface area contributed by atoms with Crippen LogP contribution in [0.5, 0.6) is 11.5 Å². The highest BCUT2D eigenvalue weighted by molar-refractivity contribution is 6.01. The summed E-state index contributed by atoms with van der Waals surface area (Å²) in [7, 11) is 3.19. The Kier molecular flexibility index (Phi) is 6.93. The van der Waals surface area contributed by atoms with Crippen LogP contribution in [0.4, 0.5) is 0 Å². The van der Waals surface area contributed by atoms with E-state index in [0.29, 0.717) is 47.3 Å². The van der Waals surface area contributed by atoms with E-state index >= 15 is 0 Å². The van der Waals surface area contributed by atoms with Crippen LogP contribution in [0, 0.1) is 11.8 Å². The van der Waals surface area contributed by atoms with E-state index in [1.165, 1.54) is 12.8 Å². The van der Waals surface area contributed by atoms with Gasteiger partial charge in [0.2, 0.25) is 5.91 Å². The molecule has 1 unspecified atom stereocenters. The number of nitrogens with zero attached hydrogens (tertiary/aromatic N) is 3. The number of methoxy groups -OCH3 is 2. The summed E-state index contributed by atoms with van der Waals surface area (Å²) in [6.07, 6.45) is 5.74. The fourth-order valence-corrected chi connectivity index (χ4v) is 4.69. The number of carbonyl (C=O) groups is 2. The van der Waals surface area contributed by atoms with Gasteiger partial charge in [-0.05, 0) is 55.9 Å². The number of hydrogen-bond acceptors (Lipinski definition) is 5. The average molecular weight is 489 g/mol. The van der Waals surface area contributed by atoms with Gasteiger partial charge in [0.25, 0.3) is 5.91 Å². The molecule has 1 N–H and O–H groups in total. The van der Waals surface area contributed by atoms with Gasteiger partial charge >= 0.3 is 0 Å². The summed E-state index contributed by atoms with van der Waals surface area (Å²) >= 11 is 0. The number of rotatable bonds is 8. The summed E-state index contributed by atoms with van der Waals surface area (Å²) in [5.74, 6) is 1.58. The Morgan fingerprint density at radius 2 is 1.86 bits per heavy atom. The van der Waals surface area contributed by atoms with Gasteiger partial charge in [-0.25, -0.2) is 4.68 Å². The first-order valence-corrected chi connectivity index (χ1v) is 12.5. The molecule has 2 amide bonds. The van der Waals surface area contributed by atoms with E-state index in [9.17, 15) is 9.59 Å². The van der Waals surface area contributed by atoms with E-state index in [0.717, 1.165) is 25.1 Å². The van der Waals surface area contributed by atoms with Crippen molar-refractivity contribution in [2.75, 3.05) is 33.9 Å². The van der Waals surface area contributed by atoms with Crippen LogP contribution in [-0.4, -0.2) is 60.3 Å². The molecule has 0 bridgehead atoms. The van der Waals surface area contributed by atoms with Crippen molar-refractivity contribution in [1.29, 1.82) is 0 Å². The van der Waals surface area contributed by atoms with Crippen molar-refractivity contribution in [3.05, 3.63) is 60.3 Å². The predicted molar refractivity (Wildman–Crippen MR) is 136 cm³/mol. The third-order valence-corrected chi connectivity index (χ3v) is 6.97. The predicted octanol–water partition coefficient (Wildman–Crippen LogP) is 3.93. The van der Waals surface area contributed by atoms with Gasteiger partial charge in [0.1, 0.15) is 17.2 Å². The lowest BCUT2D eigenvalue weighted by Crippen LogP contribution is -2.45. The minimum atomic E-state index is -0.190. The normalized spacial score (nSPS) is 17.5. The number of amides is 2. The minimum absolute atomic E-state index is 0.0522. The number of piperidine rings is 1. The number of para-hydroxylation sites is 1. The van der Waals surface area contributed by atoms with Crippen LogP contribution in [0.25, 0.3) is 16.9 Å². The van der Waals surface area contributed by atoms with Crippen LogP contribution < -0.4 is 14.8 Å². The second kappa shape index (κ2) is 10.4. The van der Waals surface area contributed by atoms with Crippen LogP contribution in [0.1, 0.15) is 36.0 Å². The number of aromatic nitrogens is 2. The van der Waals surface area contributed by atoms with Gasteiger partial charge in [0, 0.05) is 37.5 Å². The topological polar surface area (TPSA) is 85.7 Å². The molecular formula is C28H32N4O4. The molecule has 2 aromatic carbocycles. The number of ether oxygens (including phenoxy) is 2. The summed E-state index contributed by atoms with van der Waals surface area (Å²) in [4.78, 5) is 28.4. The Balaban J connectivity index is 1.46. The smallest absolute Gasteiger partial charge is 0.257 e. The molecule has 1 aliphatic heterocycles. The molecule has 188 valence electrons. The van der Waals surface area contributed by atoms with Crippen LogP contribution in [0.2, 0.25) is 0 Å². The molecule has 3 aromatic rings. The van der Waals surface area contributed by atoms with Gasteiger partial charge in [0.05, 0.1) is 31.4 Å². The summed E-state index contributed by atoms with van der Waals surface area (Å²) in [5, 5.41) is 7.89. The summed E-state index contributed by atoms with van der Waals surface area (Å²) in [5.41, 5.74) is 2.55. The van der Waals surface area contributed by atoms with E-state index in [1.54, 1.807) is 36.1 Å². The molecule has 0 radical (unpaired) electrons. The maximum absolute atomic E-state index is 13.9. The van der Waals surface area contributed by atoms with Crippen molar-refractivity contribution in [2.45, 2.75) is 25.7 Å². The Morgan fingerprint density at radius 1 is 1.06 bits per heavy atom. The van der Waals surface area contributed by atoms with Crippen molar-refractivity contribution >= 4 is 11.8 Å². The number of nitrogens with one attached hydrogen (secondary N) is 1. The molecule has 0 spiro atoms. The molecule has 1 saturated heterocycles. The lowest BCUT2D eigenvalue weighted by atomic mass is 9.96. The number of benzene rings is 2. The first-order valence-electron chi connectivity index (χ1n) is 12.5. The first kappa shape index (κ1) is 23.9. The van der Waals surface area contributed by atoms with Crippen LogP contribution >= 0.6 is 0 Å². The van der Waals surface area contributed by atoms with Crippen LogP contribution in [0.3, 0.4) is 0 Å². The standard InChI is InChI=1S/C28H32N4O4/c1-35-22-12-13-23(25(15-22)36-2)26-24(18-32(30-26)21-8-4-3-5-9-21)28(34)31-14-6-7-20(17-31)27(33)29-16-19-10-11-19/h3-5,8-9,12-13,15,18-20H,6-7,10-11,14,16-17H2,1-2H3,(H,29,33). The van der Waals surface area contributed by atoms with Crippen molar-refractivity contribution in [2.24, 2.45) is 11.8 Å². The Bertz CT molecular complexity index is 1240. The zero-order valence-electron chi connectivity index (χ0n) is 20.8. The van der Waals surface area contributed by atoms with Gasteiger partial charge in [-0.2, -0.15) is 5.10 Å². The highest BCUT2D eigenvalue weighted by Crippen LogP contribution is 2.36. The molecule has 36 heavy (non-hydrogen) atoms. The SMILES string of the molecule is COc1ccc(-c2nn(-c3ccccc3)cc2C(=O)N2CCCC(C(=O)NCC3CC3)C2)c(OC)c1. The van der Waals surface area contributed by atoms with E-state index in [2.05, 4.69) is 5.32 Å². The molecular weight excluding hydrogens is 456 g/mol. The van der Waals surface area contributed by atoms with Crippen LogP contribution in [0.15, 0.2) is 54.7 Å². The summed E-state index contributed by atoms with van der Waals surface area (Å²) in [6.45, 7) is 1.76. The maximum atomic E-state index is 13.9. The molecule has 5 rings (SSSR count). The molecule has 1 aliphatic carbocycles. The first-order chi connectivity index (χ1) is 17.6. The molecule has 2 fully saturated rings. The fourth-order valence-electron chi connectivity index (χ4n) is 4.69. The molecule has 8 nitrogen and oxygen atoms in total. The Hall–Kier alpha value is -3.81. The van der Waals surface area contributed by atoms with Crippen molar-refractivity contribution in [1.82, 2.24) is 20.0 Å². The van der Waals surface area contributed by atoms with E-state index in [-0.39, 0.29) is 17.7 Å². The van der Waals surface area contributed by atoms with E-state index < -0.39 is 0 Å². The third kappa shape index (κ3) is 5.08. The van der Waals surface area contributed by atoms with Crippen LogP contribution in [-0.2, 0) is 4.79 Å². The molecule has 2 aliphatic rings. The monoisotopic (exact) mass is 488 g/mol. The Morgan fingerprint density at radius 3 is 2.58 bits per heavy atom. The maximum Gasteiger partial charge on any atom is 0.257 e. The molecule has 2 heterocycles. The summed E-state index contributed by atoms with van der Waals surface area (Å²) < 4.78 is 12.7.